The van der Waals surface area contributed by atoms with Gasteiger partial charge >= 0.3 is 0 Å². The molecule has 2 aromatic rings. The fourth-order valence-corrected chi connectivity index (χ4v) is 1.89. The predicted octanol–water partition coefficient (Wildman–Crippen LogP) is 3.17. The van der Waals surface area contributed by atoms with Crippen LogP contribution < -0.4 is 15.4 Å². The standard InChI is InChI=1S/C15H18N2O3/c1-10-4-6-13(20-10)9-16-14-8-12(17-11(2)18)5-7-15(14)19-3/h4-8,16H,9H2,1-3H3,(H,17,18). The number of furan rings is 1. The molecule has 20 heavy (non-hydrogen) atoms. The molecule has 2 N–H and O–H groups in total. The lowest BCUT2D eigenvalue weighted by Crippen LogP contribution is -2.07. The van der Waals surface area contributed by atoms with Crippen LogP contribution in [0.15, 0.2) is 34.7 Å². The van der Waals surface area contributed by atoms with Crippen LogP contribution in [-0.2, 0) is 11.3 Å². The number of rotatable bonds is 5. The second-order valence-corrected chi connectivity index (χ2v) is 4.46. The lowest BCUT2D eigenvalue weighted by molar-refractivity contribution is -0.114. The van der Waals surface area contributed by atoms with Crippen molar-refractivity contribution in [3.05, 3.63) is 41.9 Å². The smallest absolute Gasteiger partial charge is 0.221 e. The van der Waals surface area contributed by atoms with Crippen LogP contribution in [0.25, 0.3) is 0 Å². The topological polar surface area (TPSA) is 63.5 Å². The highest BCUT2D eigenvalue weighted by Gasteiger charge is 2.06. The Balaban J connectivity index is 2.13. The Kier molecular flexibility index (Phi) is 4.30. The summed E-state index contributed by atoms with van der Waals surface area (Å²) in [6.45, 7) is 3.93. The number of methoxy groups -OCH3 is 1. The number of amides is 1. The van der Waals surface area contributed by atoms with Gasteiger partial charge in [-0.2, -0.15) is 0 Å². The summed E-state index contributed by atoms with van der Waals surface area (Å²) in [6, 6.07) is 9.27. The molecular formula is C15H18N2O3. The summed E-state index contributed by atoms with van der Waals surface area (Å²) < 4.78 is 10.8. The predicted molar refractivity (Wildman–Crippen MR) is 78.1 cm³/mol. The van der Waals surface area contributed by atoms with Gasteiger partial charge in [-0.25, -0.2) is 0 Å². The van der Waals surface area contributed by atoms with Crippen LogP contribution in [0.1, 0.15) is 18.4 Å². The van der Waals surface area contributed by atoms with E-state index in [-0.39, 0.29) is 5.91 Å². The van der Waals surface area contributed by atoms with Gasteiger partial charge in [-0.05, 0) is 37.3 Å². The van der Waals surface area contributed by atoms with Gasteiger partial charge in [0.2, 0.25) is 5.91 Å². The van der Waals surface area contributed by atoms with Gasteiger partial charge in [0.05, 0.1) is 19.3 Å². The van der Waals surface area contributed by atoms with E-state index in [0.29, 0.717) is 12.3 Å². The second-order valence-electron chi connectivity index (χ2n) is 4.46. The van der Waals surface area contributed by atoms with E-state index in [9.17, 15) is 4.79 Å². The maximum atomic E-state index is 11.1. The van der Waals surface area contributed by atoms with Crippen molar-refractivity contribution in [1.82, 2.24) is 0 Å². The van der Waals surface area contributed by atoms with Crippen molar-refractivity contribution in [2.75, 3.05) is 17.7 Å². The van der Waals surface area contributed by atoms with Crippen molar-refractivity contribution in [2.24, 2.45) is 0 Å². The Bertz CT molecular complexity index is 605. The van der Waals surface area contributed by atoms with Crippen LogP contribution in [0.2, 0.25) is 0 Å². The summed E-state index contributed by atoms with van der Waals surface area (Å²) in [5.41, 5.74) is 1.52. The maximum absolute atomic E-state index is 11.1. The van der Waals surface area contributed by atoms with E-state index in [1.165, 1.54) is 6.92 Å². The van der Waals surface area contributed by atoms with Gasteiger partial charge in [-0.15, -0.1) is 0 Å². The molecule has 0 atom stereocenters. The quantitative estimate of drug-likeness (QED) is 0.879. The number of anilines is 2. The zero-order chi connectivity index (χ0) is 14.5. The molecule has 1 amide bonds. The highest BCUT2D eigenvalue weighted by Crippen LogP contribution is 2.28. The number of hydrogen-bond donors (Lipinski definition) is 2. The van der Waals surface area contributed by atoms with Gasteiger partial charge in [-0.1, -0.05) is 0 Å². The van der Waals surface area contributed by atoms with E-state index >= 15 is 0 Å². The third-order valence-corrected chi connectivity index (χ3v) is 2.77. The van der Waals surface area contributed by atoms with Crippen LogP contribution in [0.3, 0.4) is 0 Å². The Morgan fingerprint density at radius 3 is 2.70 bits per heavy atom. The first kappa shape index (κ1) is 14.0. The fourth-order valence-electron chi connectivity index (χ4n) is 1.89. The summed E-state index contributed by atoms with van der Waals surface area (Å²) in [5, 5.41) is 5.98. The Hall–Kier alpha value is -2.43. The van der Waals surface area contributed by atoms with Crippen molar-refractivity contribution in [2.45, 2.75) is 20.4 Å². The van der Waals surface area contributed by atoms with Gasteiger partial charge in [-0.3, -0.25) is 4.79 Å². The van der Waals surface area contributed by atoms with E-state index in [1.807, 2.05) is 25.1 Å². The molecule has 0 radical (unpaired) electrons. The molecule has 0 aliphatic heterocycles. The van der Waals surface area contributed by atoms with Gasteiger partial charge in [0.25, 0.3) is 0 Å². The first-order valence-corrected chi connectivity index (χ1v) is 6.33. The average Bonchev–Trinajstić information content (AvgIpc) is 2.82. The minimum absolute atomic E-state index is 0.109. The second kappa shape index (κ2) is 6.14. The molecule has 5 heteroatoms. The molecule has 1 aromatic heterocycles. The molecule has 5 nitrogen and oxygen atoms in total. The number of carbonyl (C=O) groups is 1. The molecule has 0 fully saturated rings. The number of ether oxygens (including phenoxy) is 1. The normalized spacial score (nSPS) is 10.2. The van der Waals surface area contributed by atoms with Crippen molar-refractivity contribution >= 4 is 17.3 Å². The summed E-state index contributed by atoms with van der Waals surface area (Å²) >= 11 is 0. The largest absolute Gasteiger partial charge is 0.495 e. The van der Waals surface area contributed by atoms with Crippen molar-refractivity contribution < 1.29 is 13.9 Å². The molecule has 0 aliphatic rings. The van der Waals surface area contributed by atoms with E-state index in [4.69, 9.17) is 9.15 Å². The number of hydrogen-bond acceptors (Lipinski definition) is 4. The van der Waals surface area contributed by atoms with Crippen LogP contribution in [0.4, 0.5) is 11.4 Å². The summed E-state index contributed by atoms with van der Waals surface area (Å²) in [7, 11) is 1.61. The average molecular weight is 274 g/mol. The van der Waals surface area contributed by atoms with Gasteiger partial charge in [0.1, 0.15) is 17.3 Å². The van der Waals surface area contributed by atoms with Crippen LogP contribution >= 0.6 is 0 Å². The summed E-state index contributed by atoms with van der Waals surface area (Å²) in [5.74, 6) is 2.32. The zero-order valence-corrected chi connectivity index (χ0v) is 11.8. The Morgan fingerprint density at radius 2 is 2.10 bits per heavy atom. The van der Waals surface area contributed by atoms with Gasteiger partial charge in [0, 0.05) is 12.6 Å². The number of carbonyl (C=O) groups excluding carboxylic acids is 1. The molecule has 0 saturated heterocycles. The van der Waals surface area contributed by atoms with E-state index in [1.54, 1.807) is 19.2 Å². The van der Waals surface area contributed by atoms with Crippen LogP contribution in [0, 0.1) is 6.92 Å². The van der Waals surface area contributed by atoms with E-state index < -0.39 is 0 Å². The Morgan fingerprint density at radius 1 is 1.30 bits per heavy atom. The first-order chi connectivity index (χ1) is 9.58. The number of nitrogens with one attached hydrogen (secondary N) is 2. The lowest BCUT2D eigenvalue weighted by Gasteiger charge is -2.12. The van der Waals surface area contributed by atoms with Crippen molar-refractivity contribution in [3.8, 4) is 5.75 Å². The molecular weight excluding hydrogens is 256 g/mol. The number of aryl methyl sites for hydroxylation is 1. The van der Waals surface area contributed by atoms with Crippen LogP contribution in [0.5, 0.6) is 5.75 Å². The van der Waals surface area contributed by atoms with Crippen molar-refractivity contribution in [3.63, 3.8) is 0 Å². The molecule has 0 bridgehead atoms. The summed E-state index contributed by atoms with van der Waals surface area (Å²) in [4.78, 5) is 11.1. The highest BCUT2D eigenvalue weighted by atomic mass is 16.5. The third-order valence-electron chi connectivity index (χ3n) is 2.77. The number of benzene rings is 1. The minimum Gasteiger partial charge on any atom is -0.495 e. The minimum atomic E-state index is -0.109. The SMILES string of the molecule is COc1ccc(NC(C)=O)cc1NCc1ccc(C)o1. The van der Waals surface area contributed by atoms with E-state index in [0.717, 1.165) is 22.9 Å². The molecule has 0 saturated carbocycles. The van der Waals surface area contributed by atoms with E-state index in [2.05, 4.69) is 10.6 Å². The molecule has 0 spiro atoms. The molecule has 0 unspecified atom stereocenters. The molecule has 0 aliphatic carbocycles. The molecule has 2 rings (SSSR count). The maximum Gasteiger partial charge on any atom is 0.221 e. The van der Waals surface area contributed by atoms with Gasteiger partial charge in [0.15, 0.2) is 0 Å². The van der Waals surface area contributed by atoms with Crippen LogP contribution in [-0.4, -0.2) is 13.0 Å². The highest BCUT2D eigenvalue weighted by molar-refractivity contribution is 5.89. The molecule has 1 aromatic carbocycles. The molecule has 106 valence electrons. The monoisotopic (exact) mass is 274 g/mol. The third kappa shape index (κ3) is 3.54. The van der Waals surface area contributed by atoms with Crippen molar-refractivity contribution in [1.29, 1.82) is 0 Å². The summed E-state index contributed by atoms with van der Waals surface area (Å²) in [6.07, 6.45) is 0. The molecule has 1 heterocycles. The van der Waals surface area contributed by atoms with Gasteiger partial charge < -0.3 is 19.8 Å². The zero-order valence-electron chi connectivity index (χ0n) is 11.8. The Labute approximate surface area is 117 Å². The first-order valence-electron chi connectivity index (χ1n) is 6.33. The fraction of sp³-hybridized carbons (Fsp3) is 0.267. The lowest BCUT2D eigenvalue weighted by atomic mass is 10.2.